The number of aromatic carboxylic acids is 1. The van der Waals surface area contributed by atoms with E-state index in [4.69, 9.17) is 4.74 Å². The number of carboxylic acid groups (broad SMARTS) is 1. The molecule has 2 aromatic heterocycles. The first kappa shape index (κ1) is 36.0. The van der Waals surface area contributed by atoms with Crippen molar-refractivity contribution in [1.29, 1.82) is 0 Å². The molecule has 2 saturated carbocycles. The minimum Gasteiger partial charge on any atom is -0.478 e. The van der Waals surface area contributed by atoms with E-state index in [0.717, 1.165) is 38.7 Å². The van der Waals surface area contributed by atoms with Gasteiger partial charge in [-0.25, -0.2) is 9.59 Å². The second-order valence-electron chi connectivity index (χ2n) is 15.4. The van der Waals surface area contributed by atoms with Crippen LogP contribution < -0.4 is 0 Å². The number of esters is 1. The standard InChI is InChI=1S/C26H23NO2.C25H21NO2/c1-29-26(28)22-15-20(18-8-9-18)10-11-21(22)13-17-7-12-25-23(14-17)24(16-27-25)19-5-3-2-4-6-19;27-25(28)21-14-19(17-7-8-17)9-10-20(21)12-16-6-11-24-22(13-16)23(15-26-24)18-4-2-1-3-5-18/h2-7,10-12,14-16,18,27H,8-9,13H2,1H3;1-6,9-11,13-15,17,26H,7-8,12H2,(H,27,28). The second kappa shape index (κ2) is 15.5. The summed E-state index contributed by atoms with van der Waals surface area (Å²) in [5.74, 6) is 0.0641. The van der Waals surface area contributed by atoms with E-state index in [1.165, 1.54) is 71.6 Å². The SMILES string of the molecule is COC(=O)c1cc(C2CC2)ccc1Cc1ccc2[nH]cc(-c3ccccc3)c2c1.O=C(O)c1cc(C2CC2)ccc1Cc1ccc2[nH]cc(-c3ccccc3)c2c1. The lowest BCUT2D eigenvalue weighted by Gasteiger charge is -2.11. The Kier molecular flexibility index (Phi) is 9.77. The first-order valence-electron chi connectivity index (χ1n) is 19.8. The summed E-state index contributed by atoms with van der Waals surface area (Å²) in [7, 11) is 1.45. The third-order valence-corrected chi connectivity index (χ3v) is 11.5. The number of rotatable bonds is 10. The van der Waals surface area contributed by atoms with Gasteiger partial charge < -0.3 is 19.8 Å². The average Bonchev–Trinajstić information content (AvgIpc) is 4.19. The summed E-state index contributed by atoms with van der Waals surface area (Å²) < 4.78 is 5.06. The number of carbonyl (C=O) groups excluding carboxylic acids is 1. The largest absolute Gasteiger partial charge is 0.478 e. The Balaban J connectivity index is 0.000000148. The zero-order chi connectivity index (χ0) is 38.9. The highest BCUT2D eigenvalue weighted by Gasteiger charge is 2.26. The van der Waals surface area contributed by atoms with Crippen molar-refractivity contribution in [2.24, 2.45) is 0 Å². The Morgan fingerprint density at radius 2 is 1.04 bits per heavy atom. The quantitative estimate of drug-likeness (QED) is 0.121. The molecule has 282 valence electrons. The van der Waals surface area contributed by atoms with Gasteiger partial charge in [-0.1, -0.05) is 97.1 Å². The Morgan fingerprint density at radius 3 is 1.47 bits per heavy atom. The van der Waals surface area contributed by atoms with Crippen molar-refractivity contribution < 1.29 is 19.4 Å². The number of carboxylic acids is 1. The average molecular weight is 749 g/mol. The highest BCUT2D eigenvalue weighted by molar-refractivity contribution is 5.97. The van der Waals surface area contributed by atoms with Crippen LogP contribution in [0.5, 0.6) is 0 Å². The number of methoxy groups -OCH3 is 1. The maximum Gasteiger partial charge on any atom is 0.338 e. The van der Waals surface area contributed by atoms with E-state index in [2.05, 4.69) is 107 Å². The number of benzene rings is 6. The molecule has 57 heavy (non-hydrogen) atoms. The Bertz CT molecular complexity index is 2740. The molecule has 6 heteroatoms. The van der Waals surface area contributed by atoms with Crippen molar-refractivity contribution in [3.05, 3.63) is 190 Å². The molecule has 2 aliphatic carbocycles. The fourth-order valence-corrected chi connectivity index (χ4v) is 8.05. The van der Waals surface area contributed by atoms with Gasteiger partial charge >= 0.3 is 11.9 Å². The van der Waals surface area contributed by atoms with Crippen LogP contribution in [0.15, 0.2) is 146 Å². The Morgan fingerprint density at radius 1 is 0.579 bits per heavy atom. The molecule has 2 fully saturated rings. The summed E-state index contributed by atoms with van der Waals surface area (Å²) >= 11 is 0. The van der Waals surface area contributed by atoms with Crippen LogP contribution in [0.4, 0.5) is 0 Å². The van der Waals surface area contributed by atoms with Gasteiger partial charge in [-0.2, -0.15) is 0 Å². The molecular weight excluding hydrogens is 705 g/mol. The predicted molar refractivity (Wildman–Crippen MR) is 228 cm³/mol. The molecule has 0 aliphatic heterocycles. The molecule has 2 aliphatic rings. The minimum absolute atomic E-state index is 0.254. The first-order valence-corrected chi connectivity index (χ1v) is 19.8. The van der Waals surface area contributed by atoms with Gasteiger partial charge in [0.2, 0.25) is 0 Å². The van der Waals surface area contributed by atoms with Crippen LogP contribution in [0.25, 0.3) is 44.1 Å². The highest BCUT2D eigenvalue weighted by atomic mass is 16.5. The molecular formula is C51H44N2O4. The second-order valence-corrected chi connectivity index (χ2v) is 15.4. The van der Waals surface area contributed by atoms with Crippen molar-refractivity contribution >= 4 is 33.7 Å². The van der Waals surface area contributed by atoms with Crippen LogP contribution in [0, 0.1) is 0 Å². The van der Waals surface area contributed by atoms with Crippen molar-refractivity contribution in [2.45, 2.75) is 50.4 Å². The predicted octanol–water partition coefficient (Wildman–Crippen LogP) is 12.1. The van der Waals surface area contributed by atoms with E-state index in [-0.39, 0.29) is 5.97 Å². The zero-order valence-corrected chi connectivity index (χ0v) is 31.9. The molecule has 0 bridgehead atoms. The lowest BCUT2D eigenvalue weighted by molar-refractivity contribution is 0.0598. The smallest absolute Gasteiger partial charge is 0.338 e. The van der Waals surface area contributed by atoms with Crippen LogP contribution in [-0.2, 0) is 17.6 Å². The summed E-state index contributed by atoms with van der Waals surface area (Å²) in [6, 6.07) is 45.8. The molecule has 0 atom stereocenters. The van der Waals surface area contributed by atoms with Gasteiger partial charge in [0, 0.05) is 45.3 Å². The topological polar surface area (TPSA) is 95.2 Å². The number of fused-ring (bicyclic) bond motifs is 2. The summed E-state index contributed by atoms with van der Waals surface area (Å²) in [4.78, 5) is 30.9. The van der Waals surface area contributed by atoms with Gasteiger partial charge in [0.1, 0.15) is 0 Å². The molecule has 3 N–H and O–H groups in total. The maximum absolute atomic E-state index is 12.4. The van der Waals surface area contributed by atoms with Gasteiger partial charge in [-0.15, -0.1) is 0 Å². The van der Waals surface area contributed by atoms with Crippen molar-refractivity contribution in [2.75, 3.05) is 7.11 Å². The van der Waals surface area contributed by atoms with Crippen LogP contribution in [-0.4, -0.2) is 34.1 Å². The molecule has 0 saturated heterocycles. The molecule has 6 nitrogen and oxygen atoms in total. The molecule has 0 unspecified atom stereocenters. The molecule has 0 radical (unpaired) electrons. The lowest BCUT2D eigenvalue weighted by atomic mass is 9.95. The first-order chi connectivity index (χ1) is 27.9. The summed E-state index contributed by atoms with van der Waals surface area (Å²) in [6.45, 7) is 0. The number of hydrogen-bond donors (Lipinski definition) is 3. The van der Waals surface area contributed by atoms with Gasteiger partial charge in [0.15, 0.2) is 0 Å². The zero-order valence-electron chi connectivity index (χ0n) is 31.9. The van der Waals surface area contributed by atoms with Crippen LogP contribution in [0.1, 0.15) is 91.6 Å². The van der Waals surface area contributed by atoms with Crippen LogP contribution >= 0.6 is 0 Å². The molecule has 2 heterocycles. The molecule has 0 spiro atoms. The number of carbonyl (C=O) groups is 2. The number of nitrogens with one attached hydrogen (secondary N) is 2. The lowest BCUT2D eigenvalue weighted by Crippen LogP contribution is -2.07. The van der Waals surface area contributed by atoms with Crippen LogP contribution in [0.2, 0.25) is 0 Å². The normalized spacial score (nSPS) is 13.6. The number of ether oxygens (including phenoxy) is 1. The van der Waals surface area contributed by atoms with Crippen molar-refractivity contribution in [3.8, 4) is 22.3 Å². The van der Waals surface area contributed by atoms with Gasteiger partial charge in [-0.3, -0.25) is 0 Å². The monoisotopic (exact) mass is 748 g/mol. The number of H-pyrrole nitrogens is 2. The third-order valence-electron chi connectivity index (χ3n) is 11.5. The van der Waals surface area contributed by atoms with E-state index in [0.29, 0.717) is 35.8 Å². The van der Waals surface area contributed by atoms with Gasteiger partial charge in [0.05, 0.1) is 18.2 Å². The van der Waals surface area contributed by atoms with E-state index >= 15 is 0 Å². The Hall–Kier alpha value is -6.66. The summed E-state index contributed by atoms with van der Waals surface area (Å²) in [5.41, 5.74) is 14.6. The maximum atomic E-state index is 12.4. The molecule has 0 amide bonds. The van der Waals surface area contributed by atoms with Crippen molar-refractivity contribution in [3.63, 3.8) is 0 Å². The van der Waals surface area contributed by atoms with E-state index in [9.17, 15) is 14.7 Å². The summed E-state index contributed by atoms with van der Waals surface area (Å²) in [5, 5.41) is 12.1. The van der Waals surface area contributed by atoms with E-state index in [1.807, 2.05) is 48.7 Å². The number of hydrogen-bond acceptors (Lipinski definition) is 3. The molecule has 8 aromatic rings. The van der Waals surface area contributed by atoms with E-state index in [1.54, 1.807) is 0 Å². The number of aromatic nitrogens is 2. The van der Waals surface area contributed by atoms with Gasteiger partial charge in [0.25, 0.3) is 0 Å². The highest BCUT2D eigenvalue weighted by Crippen LogP contribution is 2.42. The Labute approximate surface area is 332 Å². The molecule has 6 aromatic carbocycles. The van der Waals surface area contributed by atoms with Crippen molar-refractivity contribution in [1.82, 2.24) is 9.97 Å². The molecule has 10 rings (SSSR count). The summed E-state index contributed by atoms with van der Waals surface area (Å²) in [6.07, 6.45) is 10.2. The van der Waals surface area contributed by atoms with Crippen LogP contribution in [0.3, 0.4) is 0 Å². The number of aromatic amines is 2. The third kappa shape index (κ3) is 7.76. The fraction of sp³-hybridized carbons (Fsp3) is 0.176. The minimum atomic E-state index is -0.842. The van der Waals surface area contributed by atoms with Gasteiger partial charge in [-0.05, 0) is 131 Å². The fourth-order valence-electron chi connectivity index (χ4n) is 8.05. The van der Waals surface area contributed by atoms with E-state index < -0.39 is 5.97 Å².